The van der Waals surface area contributed by atoms with Gasteiger partial charge in [-0.05, 0) is 40.8 Å². The number of fused-ring (bicyclic) bond motifs is 3. The van der Waals surface area contributed by atoms with Crippen LogP contribution in [0.15, 0.2) is 69.8 Å². The zero-order valence-electron chi connectivity index (χ0n) is 22.3. The summed E-state index contributed by atoms with van der Waals surface area (Å²) in [6, 6.07) is 8.25. The number of hydrogen-bond acceptors (Lipinski definition) is 9. The van der Waals surface area contributed by atoms with Crippen molar-refractivity contribution < 1.29 is 38.7 Å². The third-order valence-corrected chi connectivity index (χ3v) is 9.06. The number of hydrogen-bond donors (Lipinski definition) is 1. The molecule has 0 spiro atoms. The number of anilines is 1. The number of methoxy groups -OCH3 is 2. The van der Waals surface area contributed by atoms with E-state index in [1.807, 2.05) is 0 Å². The molecule has 0 radical (unpaired) electrons. The Kier molecular flexibility index (Phi) is 6.60. The van der Waals surface area contributed by atoms with Gasteiger partial charge in [-0.3, -0.25) is 29.3 Å². The molecule has 0 unspecified atom stereocenters. The molecule has 0 aromatic heterocycles. The van der Waals surface area contributed by atoms with Crippen molar-refractivity contribution in [1.82, 2.24) is 0 Å². The van der Waals surface area contributed by atoms with Crippen LogP contribution in [-0.4, -0.2) is 47.6 Å². The van der Waals surface area contributed by atoms with Crippen molar-refractivity contribution in [2.75, 3.05) is 19.1 Å². The number of phenols is 1. The second-order valence-electron chi connectivity index (χ2n) is 10.4. The lowest BCUT2D eigenvalue weighted by Crippen LogP contribution is -2.39. The highest BCUT2D eigenvalue weighted by Crippen LogP contribution is 2.58. The summed E-state index contributed by atoms with van der Waals surface area (Å²) in [5.74, 6) is -4.86. The van der Waals surface area contributed by atoms with E-state index in [9.17, 15) is 34.4 Å². The Morgan fingerprint density at radius 2 is 1.81 bits per heavy atom. The lowest BCUT2D eigenvalue weighted by molar-refractivity contribution is -0.384. The number of benzene rings is 2. The lowest BCUT2D eigenvalue weighted by Gasteiger charge is -2.42. The molecule has 1 aliphatic heterocycles. The molecule has 2 aromatic rings. The molecule has 42 heavy (non-hydrogen) atoms. The van der Waals surface area contributed by atoms with Crippen molar-refractivity contribution in [3.63, 3.8) is 0 Å². The predicted octanol–water partition coefficient (Wildman–Crippen LogP) is 4.28. The maximum absolute atomic E-state index is 14.0. The summed E-state index contributed by atoms with van der Waals surface area (Å²) < 4.78 is 10.9. The minimum atomic E-state index is -0.941. The van der Waals surface area contributed by atoms with Gasteiger partial charge in [-0.1, -0.05) is 17.7 Å². The van der Waals surface area contributed by atoms with Gasteiger partial charge in [0.25, 0.3) is 5.69 Å². The summed E-state index contributed by atoms with van der Waals surface area (Å²) in [5, 5.41) is 22.6. The van der Waals surface area contributed by atoms with E-state index in [0.717, 1.165) is 4.90 Å². The van der Waals surface area contributed by atoms with Crippen molar-refractivity contribution in [3.05, 3.63) is 85.4 Å². The van der Waals surface area contributed by atoms with E-state index in [-0.39, 0.29) is 56.9 Å². The van der Waals surface area contributed by atoms with Gasteiger partial charge < -0.3 is 14.6 Å². The van der Waals surface area contributed by atoms with Crippen LogP contribution in [0.2, 0.25) is 0 Å². The molecule has 1 heterocycles. The summed E-state index contributed by atoms with van der Waals surface area (Å²) in [7, 11) is 2.83. The first-order chi connectivity index (χ1) is 20.1. The van der Waals surface area contributed by atoms with Gasteiger partial charge in [0.1, 0.15) is 17.2 Å². The molecule has 12 heteroatoms. The third kappa shape index (κ3) is 4.00. The van der Waals surface area contributed by atoms with Gasteiger partial charge in [0, 0.05) is 53.0 Å². The quantitative estimate of drug-likeness (QED) is 0.167. The van der Waals surface area contributed by atoms with Gasteiger partial charge in [0.2, 0.25) is 11.8 Å². The summed E-state index contributed by atoms with van der Waals surface area (Å²) in [6.07, 6.45) is 3.18. The molecule has 214 valence electrons. The average Bonchev–Trinajstić information content (AvgIpc) is 3.24. The minimum absolute atomic E-state index is 0.0212. The summed E-state index contributed by atoms with van der Waals surface area (Å²) in [6.45, 7) is 0. The highest BCUT2D eigenvalue weighted by atomic mass is 79.9. The monoisotopic (exact) mass is 634 g/mol. The number of halogens is 1. The van der Waals surface area contributed by atoms with Crippen molar-refractivity contribution in [2.24, 2.45) is 17.8 Å². The summed E-state index contributed by atoms with van der Waals surface area (Å²) in [5.41, 5.74) is 1.04. The average molecular weight is 635 g/mol. The standard InChI is InChI=1S/C30H23BrN2O9/c1-41-15-9-21(34)27(23(10-15)42-2)26-16-6-7-17-24(18(16)11-19-25(26)22(35)12-20(31)28(19)36)30(38)32(29(17)37)13-4-3-5-14(8-13)33(39)40/h3-6,8-10,12,17-18,24,26,34H,7,11H2,1-2H3/t17-,18+,24-,26-/m0/s1. The number of nitrogens with zero attached hydrogens (tertiary/aromatic N) is 2. The number of carbonyl (C=O) groups is 4. The summed E-state index contributed by atoms with van der Waals surface area (Å²) in [4.78, 5) is 66.3. The molecule has 1 saturated heterocycles. The maximum atomic E-state index is 14.0. The van der Waals surface area contributed by atoms with Crippen LogP contribution in [0, 0.1) is 27.9 Å². The Labute approximate surface area is 247 Å². The van der Waals surface area contributed by atoms with E-state index in [0.29, 0.717) is 11.3 Å². The number of imide groups is 1. The molecule has 2 aromatic carbocycles. The SMILES string of the molecule is COc1cc(O)c([C@H]2C3=CC[C@@H]4C(=O)N(c5cccc([N+](=O)[O-])c5)C(=O)[C@@H]4[C@@H]3CC3=C2C(=O)C=C(Br)C3=O)c(OC)c1. The van der Waals surface area contributed by atoms with Crippen molar-refractivity contribution in [1.29, 1.82) is 0 Å². The fraction of sp³-hybridized carbons (Fsp3) is 0.267. The normalized spacial score (nSPS) is 25.0. The highest BCUT2D eigenvalue weighted by molar-refractivity contribution is 9.12. The number of nitro benzene ring substituents is 1. The lowest BCUT2D eigenvalue weighted by atomic mass is 9.59. The Bertz CT molecular complexity index is 1720. The number of allylic oxidation sites excluding steroid dienone is 6. The van der Waals surface area contributed by atoms with Crippen LogP contribution in [0.4, 0.5) is 11.4 Å². The van der Waals surface area contributed by atoms with E-state index in [4.69, 9.17) is 9.47 Å². The zero-order valence-corrected chi connectivity index (χ0v) is 23.9. The fourth-order valence-corrected chi connectivity index (χ4v) is 7.15. The first-order valence-corrected chi connectivity index (χ1v) is 13.8. The molecule has 2 amide bonds. The number of Topliss-reactive ketones (excluding diaryl/α,β-unsaturated/α-hetero) is 1. The molecule has 0 saturated carbocycles. The van der Waals surface area contributed by atoms with Gasteiger partial charge in [0.05, 0.1) is 41.1 Å². The number of ether oxygens (including phenoxy) is 2. The molecule has 11 nitrogen and oxygen atoms in total. The van der Waals surface area contributed by atoms with E-state index < -0.39 is 52.0 Å². The molecule has 6 rings (SSSR count). The van der Waals surface area contributed by atoms with E-state index >= 15 is 0 Å². The first kappa shape index (κ1) is 27.6. The van der Waals surface area contributed by atoms with Crippen LogP contribution in [0.5, 0.6) is 17.2 Å². The van der Waals surface area contributed by atoms with Crippen LogP contribution in [0.25, 0.3) is 0 Å². The molecule has 4 atom stereocenters. The predicted molar refractivity (Wildman–Crippen MR) is 151 cm³/mol. The molecular weight excluding hydrogens is 612 g/mol. The van der Waals surface area contributed by atoms with Crippen LogP contribution < -0.4 is 14.4 Å². The van der Waals surface area contributed by atoms with Gasteiger partial charge in [-0.25, -0.2) is 4.90 Å². The Morgan fingerprint density at radius 3 is 2.50 bits per heavy atom. The number of ketones is 2. The number of nitro groups is 1. The number of non-ortho nitro benzene ring substituents is 1. The van der Waals surface area contributed by atoms with Crippen molar-refractivity contribution >= 4 is 50.7 Å². The van der Waals surface area contributed by atoms with Crippen LogP contribution in [0.3, 0.4) is 0 Å². The van der Waals surface area contributed by atoms with Crippen LogP contribution in [-0.2, 0) is 19.2 Å². The number of aromatic hydroxyl groups is 1. The number of carbonyl (C=O) groups excluding carboxylic acids is 4. The first-order valence-electron chi connectivity index (χ1n) is 13.0. The van der Waals surface area contributed by atoms with Crippen LogP contribution >= 0.6 is 15.9 Å². The smallest absolute Gasteiger partial charge is 0.271 e. The van der Waals surface area contributed by atoms with E-state index in [1.54, 1.807) is 12.1 Å². The number of phenolic OH excluding ortho intramolecular Hbond substituents is 1. The third-order valence-electron chi connectivity index (χ3n) is 8.47. The minimum Gasteiger partial charge on any atom is -0.507 e. The molecule has 0 bridgehead atoms. The van der Waals surface area contributed by atoms with Crippen molar-refractivity contribution in [3.8, 4) is 17.2 Å². The van der Waals surface area contributed by atoms with E-state index in [2.05, 4.69) is 15.9 Å². The van der Waals surface area contributed by atoms with E-state index in [1.165, 1.54) is 50.6 Å². The van der Waals surface area contributed by atoms with Crippen molar-refractivity contribution in [2.45, 2.75) is 18.8 Å². The molecule has 3 aliphatic carbocycles. The second-order valence-corrected chi connectivity index (χ2v) is 11.3. The molecule has 4 aliphatic rings. The van der Waals surface area contributed by atoms with Gasteiger partial charge >= 0.3 is 0 Å². The molecule has 1 N–H and O–H groups in total. The Hall–Kier alpha value is -4.58. The van der Waals surface area contributed by atoms with Gasteiger partial charge in [0.15, 0.2) is 11.6 Å². The highest BCUT2D eigenvalue weighted by Gasteiger charge is 2.57. The molecular formula is C30H23BrN2O9. The van der Waals surface area contributed by atoms with Gasteiger partial charge in [-0.15, -0.1) is 0 Å². The number of amides is 2. The Balaban J connectivity index is 1.51. The number of rotatable bonds is 5. The topological polar surface area (TPSA) is 153 Å². The van der Waals surface area contributed by atoms with Gasteiger partial charge in [-0.2, -0.15) is 0 Å². The maximum Gasteiger partial charge on any atom is 0.271 e. The second kappa shape index (κ2) is 10.1. The fourth-order valence-electron chi connectivity index (χ4n) is 6.70. The zero-order chi connectivity index (χ0) is 30.0. The molecule has 1 fully saturated rings. The van der Waals surface area contributed by atoms with Crippen LogP contribution in [0.1, 0.15) is 24.3 Å². The Morgan fingerprint density at radius 1 is 1.05 bits per heavy atom. The summed E-state index contributed by atoms with van der Waals surface area (Å²) >= 11 is 3.19. The largest absolute Gasteiger partial charge is 0.507 e.